The van der Waals surface area contributed by atoms with Crippen molar-refractivity contribution in [2.75, 3.05) is 0 Å². The van der Waals surface area contributed by atoms with Crippen LogP contribution in [0.25, 0.3) is 87.2 Å². The molecule has 9 aromatic rings. The summed E-state index contributed by atoms with van der Waals surface area (Å²) in [5.41, 5.74) is 7.57. The maximum Gasteiger partial charge on any atom is -0.00141 e. The van der Waals surface area contributed by atoms with E-state index in [0.29, 0.717) is 0 Å². The van der Waals surface area contributed by atoms with Crippen LogP contribution in [0.2, 0.25) is 0 Å². The largest absolute Gasteiger partial charge is 0.0616 e. The summed E-state index contributed by atoms with van der Waals surface area (Å²) in [6, 6.07) is 62.3. The van der Waals surface area contributed by atoms with Crippen LogP contribution in [0.1, 0.15) is 0 Å². The Morgan fingerprint density at radius 3 is 1.55 bits per heavy atom. The van der Waals surface area contributed by atoms with Crippen LogP contribution in [0.5, 0.6) is 0 Å². The quantitative estimate of drug-likeness (QED) is 0.150. The Balaban J connectivity index is 1.35. The summed E-state index contributed by atoms with van der Waals surface area (Å²) in [5.74, 6) is 0. The molecule has 9 aromatic carbocycles. The van der Waals surface area contributed by atoms with E-state index in [1.54, 1.807) is 0 Å². The van der Waals surface area contributed by atoms with Crippen LogP contribution < -0.4 is 0 Å². The highest BCUT2D eigenvalue weighted by Crippen LogP contribution is 2.46. The summed E-state index contributed by atoms with van der Waals surface area (Å²) in [7, 11) is 0. The van der Waals surface area contributed by atoms with Crippen LogP contribution in [0.4, 0.5) is 0 Å². The zero-order chi connectivity index (χ0) is 29.0. The van der Waals surface area contributed by atoms with Crippen molar-refractivity contribution in [3.05, 3.63) is 170 Å². The predicted molar refractivity (Wildman–Crippen MR) is 190 cm³/mol. The highest BCUT2D eigenvalue weighted by molar-refractivity contribution is 6.28. The third kappa shape index (κ3) is 3.85. The van der Waals surface area contributed by atoms with E-state index in [-0.39, 0.29) is 0 Å². The minimum absolute atomic E-state index is 1.23. The van der Waals surface area contributed by atoms with Gasteiger partial charge in [0.15, 0.2) is 0 Å². The van der Waals surface area contributed by atoms with Crippen molar-refractivity contribution in [3.63, 3.8) is 0 Å². The van der Waals surface area contributed by atoms with E-state index in [4.69, 9.17) is 0 Å². The van der Waals surface area contributed by atoms with Gasteiger partial charge in [-0.3, -0.25) is 0 Å². The molecule has 44 heavy (non-hydrogen) atoms. The fourth-order valence-corrected chi connectivity index (χ4v) is 7.20. The van der Waals surface area contributed by atoms with Crippen LogP contribution >= 0.6 is 0 Å². The Kier molecular flexibility index (Phi) is 5.61. The lowest BCUT2D eigenvalue weighted by atomic mass is 9.83. The van der Waals surface area contributed by atoms with Gasteiger partial charge in [0, 0.05) is 0 Å². The van der Waals surface area contributed by atoms with Gasteiger partial charge in [-0.25, -0.2) is 0 Å². The molecule has 0 aromatic heterocycles. The molecule has 0 nitrogen and oxygen atoms in total. The van der Waals surface area contributed by atoms with E-state index in [1.807, 2.05) is 0 Å². The van der Waals surface area contributed by atoms with Gasteiger partial charge in [-0.15, -0.1) is 0 Å². The van der Waals surface area contributed by atoms with E-state index in [0.717, 1.165) is 0 Å². The summed E-state index contributed by atoms with van der Waals surface area (Å²) < 4.78 is 0. The molecule has 0 N–H and O–H groups in total. The smallest absolute Gasteiger partial charge is 0.00141 e. The van der Waals surface area contributed by atoms with Gasteiger partial charge in [-0.05, 0) is 93.3 Å². The molecular formula is C44H28. The first-order chi connectivity index (χ1) is 21.8. The molecule has 0 unspecified atom stereocenters. The first kappa shape index (κ1) is 24.8. The number of rotatable bonds is 3. The molecule has 0 saturated heterocycles. The SMILES string of the molecule is c1ccc2cc(-c3c4ccccc4c(-c4ccc(-c5cccc6ccccc56)cc4)c4ccc5ccccc5c34)ccc2c1. The van der Waals surface area contributed by atoms with Crippen LogP contribution in [-0.4, -0.2) is 0 Å². The lowest BCUT2D eigenvalue weighted by Gasteiger charge is -2.20. The molecule has 0 heteroatoms. The van der Waals surface area contributed by atoms with E-state index >= 15 is 0 Å². The van der Waals surface area contributed by atoms with Crippen molar-refractivity contribution in [1.29, 1.82) is 0 Å². The zero-order valence-corrected chi connectivity index (χ0v) is 24.2. The average molecular weight is 557 g/mol. The Bertz CT molecular complexity index is 2530. The van der Waals surface area contributed by atoms with Gasteiger partial charge in [-0.1, -0.05) is 164 Å². The monoisotopic (exact) mass is 556 g/mol. The van der Waals surface area contributed by atoms with Crippen LogP contribution in [0.15, 0.2) is 170 Å². The topological polar surface area (TPSA) is 0 Å². The van der Waals surface area contributed by atoms with Gasteiger partial charge in [0.2, 0.25) is 0 Å². The van der Waals surface area contributed by atoms with E-state index in [1.165, 1.54) is 87.2 Å². The lowest BCUT2D eigenvalue weighted by Crippen LogP contribution is -1.92. The molecule has 0 bridgehead atoms. The molecule has 0 aliphatic carbocycles. The number of fused-ring (bicyclic) bond motifs is 6. The van der Waals surface area contributed by atoms with Crippen molar-refractivity contribution >= 4 is 53.9 Å². The van der Waals surface area contributed by atoms with Crippen molar-refractivity contribution in [2.45, 2.75) is 0 Å². The molecule has 0 radical (unpaired) electrons. The predicted octanol–water partition coefficient (Wildman–Crippen LogP) is 12.5. The Labute approximate surface area is 256 Å². The third-order valence-corrected chi connectivity index (χ3v) is 9.23. The summed E-state index contributed by atoms with van der Waals surface area (Å²) >= 11 is 0. The Morgan fingerprint density at radius 2 is 0.773 bits per heavy atom. The summed E-state index contributed by atoms with van der Waals surface area (Å²) in [4.78, 5) is 0. The zero-order valence-electron chi connectivity index (χ0n) is 24.2. The first-order valence-electron chi connectivity index (χ1n) is 15.3. The fraction of sp³-hybridized carbons (Fsp3) is 0. The second-order valence-electron chi connectivity index (χ2n) is 11.7. The van der Waals surface area contributed by atoms with Crippen molar-refractivity contribution in [1.82, 2.24) is 0 Å². The molecule has 0 heterocycles. The van der Waals surface area contributed by atoms with E-state index in [2.05, 4.69) is 170 Å². The summed E-state index contributed by atoms with van der Waals surface area (Å²) in [5, 5.41) is 12.8. The third-order valence-electron chi connectivity index (χ3n) is 9.23. The van der Waals surface area contributed by atoms with Crippen LogP contribution in [-0.2, 0) is 0 Å². The van der Waals surface area contributed by atoms with Crippen molar-refractivity contribution in [3.8, 4) is 33.4 Å². The maximum atomic E-state index is 2.36. The summed E-state index contributed by atoms with van der Waals surface area (Å²) in [6.45, 7) is 0. The number of hydrogen-bond acceptors (Lipinski definition) is 0. The highest BCUT2D eigenvalue weighted by atomic mass is 14.2. The highest BCUT2D eigenvalue weighted by Gasteiger charge is 2.19. The van der Waals surface area contributed by atoms with E-state index < -0.39 is 0 Å². The van der Waals surface area contributed by atoms with Gasteiger partial charge >= 0.3 is 0 Å². The first-order valence-corrected chi connectivity index (χ1v) is 15.3. The van der Waals surface area contributed by atoms with Gasteiger partial charge in [0.05, 0.1) is 0 Å². The molecule has 0 fully saturated rings. The van der Waals surface area contributed by atoms with Crippen LogP contribution in [0.3, 0.4) is 0 Å². The molecule has 0 aliphatic heterocycles. The molecule has 0 amide bonds. The van der Waals surface area contributed by atoms with Gasteiger partial charge < -0.3 is 0 Å². The van der Waals surface area contributed by atoms with Gasteiger partial charge in [0.25, 0.3) is 0 Å². The molecule has 0 aliphatic rings. The second kappa shape index (κ2) is 9.93. The number of benzene rings is 9. The molecular weight excluding hydrogens is 528 g/mol. The van der Waals surface area contributed by atoms with Crippen LogP contribution in [0, 0.1) is 0 Å². The van der Waals surface area contributed by atoms with Gasteiger partial charge in [0.1, 0.15) is 0 Å². The van der Waals surface area contributed by atoms with Crippen molar-refractivity contribution < 1.29 is 0 Å². The maximum absolute atomic E-state index is 2.36. The molecule has 9 rings (SSSR count). The van der Waals surface area contributed by atoms with Crippen molar-refractivity contribution in [2.24, 2.45) is 0 Å². The second-order valence-corrected chi connectivity index (χ2v) is 11.7. The molecule has 0 atom stereocenters. The molecule has 204 valence electrons. The van der Waals surface area contributed by atoms with E-state index in [9.17, 15) is 0 Å². The molecule has 0 spiro atoms. The average Bonchev–Trinajstić information content (AvgIpc) is 3.10. The number of hydrogen-bond donors (Lipinski definition) is 0. The standard InChI is InChI=1S/C44H28/c1-2-13-34-28-35(25-20-29(34)10-1)43-40-18-8-7-17-39(40)42(41-27-26-31-12-4-6-16-38(31)44(41)43)33-23-21-32(22-24-33)37-19-9-14-30-11-3-5-15-36(30)37/h1-28H. The minimum Gasteiger partial charge on any atom is -0.0616 e. The fourth-order valence-electron chi connectivity index (χ4n) is 7.20. The lowest BCUT2D eigenvalue weighted by molar-refractivity contribution is 1.64. The Hall–Kier alpha value is -5.72. The minimum atomic E-state index is 1.23. The van der Waals surface area contributed by atoms with Gasteiger partial charge in [-0.2, -0.15) is 0 Å². The normalized spacial score (nSPS) is 11.6. The molecule has 0 saturated carbocycles. The summed E-state index contributed by atoms with van der Waals surface area (Å²) in [6.07, 6.45) is 0. The Morgan fingerprint density at radius 1 is 0.250 bits per heavy atom.